The first-order valence-electron chi connectivity index (χ1n) is 7.85. The number of fused-ring (bicyclic) bond motifs is 2. The fourth-order valence-corrected chi connectivity index (χ4v) is 5.26. The predicted octanol–water partition coefficient (Wildman–Crippen LogP) is 3.69. The maximum Gasteiger partial charge on any atom is 0.120 e. The summed E-state index contributed by atoms with van der Waals surface area (Å²) in [5.74, 6) is 0.240. The van der Waals surface area contributed by atoms with Crippen LogP contribution in [0.5, 0.6) is 0 Å². The van der Waals surface area contributed by atoms with Gasteiger partial charge in [-0.05, 0) is 67.6 Å². The second-order valence-corrected chi connectivity index (χ2v) is 8.01. The number of hydrogen-bond donors (Lipinski definition) is 1. The van der Waals surface area contributed by atoms with Crippen molar-refractivity contribution in [1.29, 1.82) is 0 Å². The average Bonchev–Trinajstić information content (AvgIpc) is 3.11. The van der Waals surface area contributed by atoms with E-state index in [0.29, 0.717) is 0 Å². The summed E-state index contributed by atoms with van der Waals surface area (Å²) in [7, 11) is 2.14. The van der Waals surface area contributed by atoms with Crippen molar-refractivity contribution in [2.75, 3.05) is 20.1 Å². The molecule has 22 heavy (non-hydrogen) atoms. The molecule has 2 heterocycles. The van der Waals surface area contributed by atoms with E-state index in [2.05, 4.69) is 23.4 Å². The van der Waals surface area contributed by atoms with E-state index in [-0.39, 0.29) is 5.92 Å². The summed E-state index contributed by atoms with van der Waals surface area (Å²) in [6.07, 6.45) is 2.98. The van der Waals surface area contributed by atoms with Gasteiger partial charge >= 0.3 is 0 Å². The molecule has 1 fully saturated rings. The minimum absolute atomic E-state index is 0.240. The number of thiophene rings is 1. The first-order chi connectivity index (χ1) is 10.6. The monoisotopic (exact) mass is 333 g/mol. The molecular weight excluding hydrogens is 314 g/mol. The van der Waals surface area contributed by atoms with Crippen LogP contribution in [-0.4, -0.2) is 30.1 Å². The van der Waals surface area contributed by atoms with Gasteiger partial charge in [-0.25, -0.2) is 0 Å². The van der Waals surface area contributed by atoms with Crippen molar-refractivity contribution in [3.05, 3.63) is 56.2 Å². The van der Waals surface area contributed by atoms with Gasteiger partial charge in [0, 0.05) is 27.9 Å². The Morgan fingerprint density at radius 1 is 1.27 bits per heavy atom. The summed E-state index contributed by atoms with van der Waals surface area (Å²) in [5.41, 5.74) is 2.51. The molecule has 0 radical (unpaired) electrons. The largest absolute Gasteiger partial charge is 0.380 e. The van der Waals surface area contributed by atoms with Crippen LogP contribution in [0.3, 0.4) is 0 Å². The maximum absolute atomic E-state index is 11.9. The van der Waals surface area contributed by atoms with Crippen molar-refractivity contribution >= 4 is 22.9 Å². The van der Waals surface area contributed by atoms with Gasteiger partial charge in [0.2, 0.25) is 0 Å². The van der Waals surface area contributed by atoms with Crippen LogP contribution in [0.4, 0.5) is 0 Å². The number of likely N-dealkylation sites (tertiary alicyclic amines) is 1. The van der Waals surface area contributed by atoms with Crippen LogP contribution in [0.1, 0.15) is 28.0 Å². The predicted molar refractivity (Wildman–Crippen MR) is 91.8 cm³/mol. The summed E-state index contributed by atoms with van der Waals surface area (Å²) in [6, 6.07) is 8.13. The van der Waals surface area contributed by atoms with Crippen LogP contribution in [0.2, 0.25) is 5.02 Å². The van der Waals surface area contributed by atoms with Crippen LogP contribution < -0.4 is 0 Å². The number of halogens is 1. The Balaban J connectivity index is 1.93. The Hall–Kier alpha value is -0.870. The first-order valence-corrected chi connectivity index (χ1v) is 9.11. The van der Waals surface area contributed by atoms with Crippen molar-refractivity contribution in [2.24, 2.45) is 5.92 Å². The third kappa shape index (κ3) is 2.15. The van der Waals surface area contributed by atoms with Crippen molar-refractivity contribution in [1.82, 2.24) is 4.90 Å². The van der Waals surface area contributed by atoms with Crippen LogP contribution in [0.15, 0.2) is 29.6 Å². The van der Waals surface area contributed by atoms with Gasteiger partial charge in [-0.3, -0.25) is 0 Å². The zero-order valence-corrected chi connectivity index (χ0v) is 14.3. The topological polar surface area (TPSA) is 23.5 Å². The normalized spacial score (nSPS) is 28.2. The van der Waals surface area contributed by atoms with E-state index >= 15 is 0 Å². The molecule has 1 aliphatic heterocycles. The van der Waals surface area contributed by atoms with E-state index < -0.39 is 5.60 Å². The molecule has 0 bridgehead atoms. The summed E-state index contributed by atoms with van der Waals surface area (Å²) in [6.45, 7) is 1.99. The van der Waals surface area contributed by atoms with Crippen LogP contribution in [0, 0.1) is 5.92 Å². The van der Waals surface area contributed by atoms with Crippen molar-refractivity contribution in [3.8, 4) is 0 Å². The molecule has 0 amide bonds. The lowest BCUT2D eigenvalue weighted by Gasteiger charge is -2.35. The Kier molecular flexibility index (Phi) is 3.57. The molecule has 0 saturated carbocycles. The second-order valence-electron chi connectivity index (χ2n) is 6.57. The molecule has 1 N–H and O–H groups in total. The van der Waals surface area contributed by atoms with Crippen LogP contribution >= 0.6 is 22.9 Å². The van der Waals surface area contributed by atoms with E-state index in [1.807, 2.05) is 18.2 Å². The highest BCUT2D eigenvalue weighted by atomic mass is 35.5. The van der Waals surface area contributed by atoms with Gasteiger partial charge in [0.15, 0.2) is 0 Å². The fraction of sp³-hybridized carbons (Fsp3) is 0.444. The Morgan fingerprint density at radius 3 is 2.91 bits per heavy atom. The van der Waals surface area contributed by atoms with Crippen molar-refractivity contribution in [2.45, 2.75) is 24.9 Å². The first kappa shape index (κ1) is 14.7. The minimum atomic E-state index is -0.878. The highest BCUT2D eigenvalue weighted by Gasteiger charge is 2.46. The lowest BCUT2D eigenvalue weighted by Crippen LogP contribution is -2.38. The molecule has 2 atom stereocenters. The number of aliphatic hydroxyl groups is 1. The number of nitrogens with zero attached hydrogens (tertiary/aromatic N) is 1. The summed E-state index contributed by atoms with van der Waals surface area (Å²) < 4.78 is 0. The van der Waals surface area contributed by atoms with E-state index in [1.165, 1.54) is 10.4 Å². The number of aryl methyl sites for hydroxylation is 2. The Bertz CT molecular complexity index is 713. The molecule has 2 unspecified atom stereocenters. The molecule has 2 nitrogen and oxygen atoms in total. The van der Waals surface area contributed by atoms with Gasteiger partial charge < -0.3 is 10.0 Å². The van der Waals surface area contributed by atoms with Crippen molar-refractivity contribution in [3.63, 3.8) is 0 Å². The quantitative estimate of drug-likeness (QED) is 0.860. The lowest BCUT2D eigenvalue weighted by molar-refractivity contribution is 0.0207. The van der Waals surface area contributed by atoms with Crippen molar-refractivity contribution < 1.29 is 5.11 Å². The highest BCUT2D eigenvalue weighted by molar-refractivity contribution is 7.10. The molecule has 1 aromatic carbocycles. The molecule has 2 aliphatic rings. The van der Waals surface area contributed by atoms with Crippen LogP contribution in [0.25, 0.3) is 0 Å². The van der Waals surface area contributed by atoms with Gasteiger partial charge in [0.25, 0.3) is 0 Å². The molecule has 116 valence electrons. The lowest BCUT2D eigenvalue weighted by atomic mass is 9.75. The average molecular weight is 334 g/mol. The van der Waals surface area contributed by atoms with Gasteiger partial charge in [-0.1, -0.05) is 17.7 Å². The second kappa shape index (κ2) is 5.34. The van der Waals surface area contributed by atoms with Gasteiger partial charge in [-0.15, -0.1) is 11.3 Å². The highest BCUT2D eigenvalue weighted by Crippen LogP contribution is 2.47. The Morgan fingerprint density at radius 2 is 2.14 bits per heavy atom. The molecular formula is C18H20ClNOS. The Labute approximate surface area is 140 Å². The SMILES string of the molecule is CN1CCC(C2(O)c3ccc(Cl)cc3CCc3sccc32)C1. The van der Waals surface area contributed by atoms with E-state index in [0.717, 1.165) is 48.5 Å². The molecule has 0 spiro atoms. The molecule has 1 aromatic heterocycles. The zero-order valence-electron chi connectivity index (χ0n) is 12.7. The third-order valence-corrected chi connectivity index (χ3v) is 6.45. The van der Waals surface area contributed by atoms with Gasteiger partial charge in [0.05, 0.1) is 0 Å². The van der Waals surface area contributed by atoms with E-state index in [4.69, 9.17) is 11.6 Å². The molecule has 4 heteroatoms. The summed E-state index contributed by atoms with van der Waals surface area (Å²) in [4.78, 5) is 3.64. The standard InChI is InChI=1S/C18H20ClNOS/c1-20-8-6-13(11-20)18(21)15-4-3-14(19)10-12(15)2-5-17-16(18)7-9-22-17/h3-4,7,9-10,13,21H,2,5-6,8,11H2,1H3. The third-order valence-electron chi connectivity index (χ3n) is 5.24. The number of benzene rings is 1. The molecule has 2 aromatic rings. The summed E-state index contributed by atoms with van der Waals surface area (Å²) >= 11 is 7.97. The molecule has 1 aliphatic carbocycles. The van der Waals surface area contributed by atoms with Gasteiger partial charge in [0.1, 0.15) is 5.60 Å². The van der Waals surface area contributed by atoms with E-state index in [9.17, 15) is 5.11 Å². The van der Waals surface area contributed by atoms with E-state index in [1.54, 1.807) is 11.3 Å². The zero-order chi connectivity index (χ0) is 15.3. The van der Waals surface area contributed by atoms with Crippen LogP contribution in [-0.2, 0) is 18.4 Å². The molecule has 4 rings (SSSR count). The number of rotatable bonds is 1. The maximum atomic E-state index is 11.9. The summed E-state index contributed by atoms with van der Waals surface area (Å²) in [5, 5.41) is 14.8. The smallest absolute Gasteiger partial charge is 0.120 e. The fourth-order valence-electron chi connectivity index (χ4n) is 4.12. The minimum Gasteiger partial charge on any atom is -0.380 e. The molecule has 1 saturated heterocycles. The number of hydrogen-bond acceptors (Lipinski definition) is 3. The van der Waals surface area contributed by atoms with Gasteiger partial charge in [-0.2, -0.15) is 0 Å².